The van der Waals surface area contributed by atoms with E-state index in [0.717, 1.165) is 12.8 Å². The monoisotopic (exact) mass is 372 g/mol. The van der Waals surface area contributed by atoms with Gasteiger partial charge in [0.25, 0.3) is 5.97 Å². The fraction of sp³-hybridized carbons (Fsp3) is 0.900. The molecule has 0 saturated carbocycles. The van der Waals surface area contributed by atoms with Crippen LogP contribution in [0.4, 0.5) is 0 Å². The smallest absolute Gasteiger partial charge is 0.320 e. The van der Waals surface area contributed by atoms with E-state index in [1.165, 1.54) is 59.9 Å². The molecule has 1 rings (SSSR count). The summed E-state index contributed by atoms with van der Waals surface area (Å²) in [6, 6.07) is 0. The van der Waals surface area contributed by atoms with E-state index in [9.17, 15) is 9.59 Å². The molecule has 1 saturated heterocycles. The second-order valence-electron chi connectivity index (χ2n) is 7.24. The molecule has 0 bridgehead atoms. The first-order valence-electron chi connectivity index (χ1n) is 9.88. The molecular weight excluding hydrogens is 336 g/mol. The molecule has 6 nitrogen and oxygen atoms in total. The van der Waals surface area contributed by atoms with E-state index in [2.05, 4.69) is 6.92 Å². The number of unbranched alkanes of at least 4 members (excludes halogenated alkanes) is 7. The molecular formula is C20H36O6. The summed E-state index contributed by atoms with van der Waals surface area (Å²) in [5.41, 5.74) is -0.778. The van der Waals surface area contributed by atoms with Gasteiger partial charge in [-0.15, -0.1) is 0 Å². The van der Waals surface area contributed by atoms with Crippen LogP contribution in [0.15, 0.2) is 0 Å². The van der Waals surface area contributed by atoms with Crippen molar-refractivity contribution in [2.75, 3.05) is 21.3 Å². The zero-order valence-electron chi connectivity index (χ0n) is 16.9. The van der Waals surface area contributed by atoms with Crippen molar-refractivity contribution in [1.29, 1.82) is 0 Å². The molecule has 1 aliphatic rings. The van der Waals surface area contributed by atoms with E-state index in [-0.39, 0.29) is 6.42 Å². The highest BCUT2D eigenvalue weighted by Gasteiger charge is 2.50. The van der Waals surface area contributed by atoms with Crippen LogP contribution in [0.1, 0.15) is 84.0 Å². The molecule has 0 aliphatic carbocycles. The minimum atomic E-state index is -1.20. The summed E-state index contributed by atoms with van der Waals surface area (Å²) in [4.78, 5) is 24.1. The summed E-state index contributed by atoms with van der Waals surface area (Å²) in [6.07, 6.45) is 11.1. The quantitative estimate of drug-likeness (QED) is 0.184. The van der Waals surface area contributed by atoms with E-state index >= 15 is 0 Å². The van der Waals surface area contributed by atoms with E-state index in [1.54, 1.807) is 0 Å². The summed E-state index contributed by atoms with van der Waals surface area (Å²) in [5.74, 6) is -2.05. The molecule has 1 atom stereocenters. The van der Waals surface area contributed by atoms with Crippen molar-refractivity contribution in [2.24, 2.45) is 5.41 Å². The molecule has 0 spiro atoms. The Labute approximate surface area is 157 Å². The maximum atomic E-state index is 12.4. The predicted octanol–water partition coefficient (Wildman–Crippen LogP) is 4.35. The van der Waals surface area contributed by atoms with Crippen LogP contribution in [0.5, 0.6) is 0 Å². The van der Waals surface area contributed by atoms with E-state index in [0.29, 0.717) is 19.3 Å². The first-order chi connectivity index (χ1) is 12.5. The fourth-order valence-electron chi connectivity index (χ4n) is 3.65. The molecule has 1 heterocycles. The van der Waals surface area contributed by atoms with Gasteiger partial charge in [0.2, 0.25) is 0 Å². The van der Waals surface area contributed by atoms with E-state index < -0.39 is 23.3 Å². The Morgan fingerprint density at radius 3 is 1.88 bits per heavy atom. The normalized spacial score (nSPS) is 20.6. The van der Waals surface area contributed by atoms with Gasteiger partial charge in [-0.05, 0) is 12.8 Å². The topological polar surface area (TPSA) is 71.1 Å². The second kappa shape index (κ2) is 11.7. The highest BCUT2D eigenvalue weighted by molar-refractivity contribution is 5.97. The number of rotatable bonds is 15. The third-order valence-corrected chi connectivity index (χ3v) is 5.47. The van der Waals surface area contributed by atoms with Crippen molar-refractivity contribution in [1.82, 2.24) is 0 Å². The average molecular weight is 373 g/mol. The van der Waals surface area contributed by atoms with E-state index in [4.69, 9.17) is 18.9 Å². The third-order valence-electron chi connectivity index (χ3n) is 5.47. The number of carbonyl (C=O) groups is 2. The lowest BCUT2D eigenvalue weighted by Crippen LogP contribution is -2.39. The first kappa shape index (κ1) is 23.1. The standard InChI is InChI=1S/C20H36O6/c1-5-6-7-8-9-10-11-12-13-19(16-17(21)26-18(19)22)14-15-20(23-2,24-3)25-4/h5-16H2,1-4H3. The minimum absolute atomic E-state index is 0.134. The Hall–Kier alpha value is -0.980. The number of hydrogen-bond acceptors (Lipinski definition) is 6. The maximum Gasteiger partial charge on any atom is 0.320 e. The lowest BCUT2D eigenvalue weighted by molar-refractivity contribution is -0.356. The molecule has 6 heteroatoms. The van der Waals surface area contributed by atoms with Gasteiger partial charge < -0.3 is 18.9 Å². The lowest BCUT2D eigenvalue weighted by Gasteiger charge is -2.32. The molecule has 152 valence electrons. The first-order valence-corrected chi connectivity index (χ1v) is 9.88. The molecule has 0 aromatic rings. The van der Waals surface area contributed by atoms with Crippen molar-refractivity contribution in [3.63, 3.8) is 0 Å². The Balaban J connectivity index is 2.52. The molecule has 1 unspecified atom stereocenters. The van der Waals surface area contributed by atoms with Gasteiger partial charge in [0, 0.05) is 27.8 Å². The Bertz CT molecular complexity index is 424. The summed E-state index contributed by atoms with van der Waals surface area (Å²) < 4.78 is 20.8. The summed E-state index contributed by atoms with van der Waals surface area (Å²) >= 11 is 0. The zero-order valence-corrected chi connectivity index (χ0v) is 16.9. The molecule has 1 aliphatic heterocycles. The van der Waals surface area contributed by atoms with Crippen molar-refractivity contribution in [2.45, 2.75) is 89.9 Å². The Morgan fingerprint density at radius 1 is 0.885 bits per heavy atom. The van der Waals surface area contributed by atoms with Crippen LogP contribution in [0.3, 0.4) is 0 Å². The highest BCUT2D eigenvalue weighted by Crippen LogP contribution is 2.42. The largest absolute Gasteiger partial charge is 0.393 e. The lowest BCUT2D eigenvalue weighted by atomic mass is 9.77. The molecule has 26 heavy (non-hydrogen) atoms. The van der Waals surface area contributed by atoms with Crippen LogP contribution >= 0.6 is 0 Å². The van der Waals surface area contributed by atoms with Gasteiger partial charge in [-0.25, -0.2) is 0 Å². The van der Waals surface area contributed by atoms with Crippen molar-refractivity contribution >= 4 is 11.9 Å². The summed E-state index contributed by atoms with van der Waals surface area (Å²) in [7, 11) is 4.49. The van der Waals surface area contributed by atoms with E-state index in [1.807, 2.05) is 0 Å². The van der Waals surface area contributed by atoms with Gasteiger partial charge in [-0.1, -0.05) is 58.3 Å². The van der Waals surface area contributed by atoms with Crippen LogP contribution in [0.2, 0.25) is 0 Å². The maximum absolute atomic E-state index is 12.4. The third kappa shape index (κ3) is 6.63. The van der Waals surface area contributed by atoms with Gasteiger partial charge in [0.15, 0.2) is 0 Å². The van der Waals surface area contributed by atoms with Gasteiger partial charge in [0.1, 0.15) is 0 Å². The zero-order chi connectivity index (χ0) is 19.5. The van der Waals surface area contributed by atoms with Crippen LogP contribution in [-0.2, 0) is 28.5 Å². The van der Waals surface area contributed by atoms with Crippen LogP contribution in [0.25, 0.3) is 0 Å². The molecule has 0 radical (unpaired) electrons. The van der Waals surface area contributed by atoms with Gasteiger partial charge in [-0.3, -0.25) is 9.59 Å². The van der Waals surface area contributed by atoms with Gasteiger partial charge in [0.05, 0.1) is 11.8 Å². The summed E-state index contributed by atoms with van der Waals surface area (Å²) in [5, 5.41) is 0. The van der Waals surface area contributed by atoms with Crippen LogP contribution < -0.4 is 0 Å². The van der Waals surface area contributed by atoms with Gasteiger partial charge in [-0.2, -0.15) is 0 Å². The number of methoxy groups -OCH3 is 3. The molecule has 0 aromatic carbocycles. The molecule has 0 amide bonds. The van der Waals surface area contributed by atoms with Gasteiger partial charge >= 0.3 is 11.9 Å². The molecule has 1 fully saturated rings. The highest BCUT2D eigenvalue weighted by atomic mass is 16.9. The number of carbonyl (C=O) groups excluding carboxylic acids is 2. The second-order valence-corrected chi connectivity index (χ2v) is 7.24. The average Bonchev–Trinajstić information content (AvgIpc) is 2.93. The SMILES string of the molecule is CCCCCCCCCCC1(CCC(OC)(OC)OC)CC(=O)OC1=O. The Kier molecular flexibility index (Phi) is 10.4. The predicted molar refractivity (Wildman–Crippen MR) is 98.4 cm³/mol. The van der Waals surface area contributed by atoms with Crippen LogP contribution in [0, 0.1) is 5.41 Å². The number of esters is 2. The van der Waals surface area contributed by atoms with Crippen molar-refractivity contribution in [3.8, 4) is 0 Å². The van der Waals surface area contributed by atoms with Crippen molar-refractivity contribution < 1.29 is 28.5 Å². The molecule has 0 N–H and O–H groups in total. The summed E-state index contributed by atoms with van der Waals surface area (Å²) in [6.45, 7) is 2.22. The fourth-order valence-corrected chi connectivity index (χ4v) is 3.65. The van der Waals surface area contributed by atoms with Crippen LogP contribution in [-0.4, -0.2) is 39.2 Å². The number of ether oxygens (including phenoxy) is 4. The minimum Gasteiger partial charge on any atom is -0.393 e. The van der Waals surface area contributed by atoms with Crippen molar-refractivity contribution in [3.05, 3.63) is 0 Å². The number of cyclic esters (lactones) is 2. The molecule has 0 aromatic heterocycles. The Morgan fingerprint density at radius 2 is 1.42 bits per heavy atom. The number of hydrogen-bond donors (Lipinski definition) is 0.